The minimum Gasteiger partial charge on any atom is -0.258 e. The van der Waals surface area contributed by atoms with Gasteiger partial charge in [-0.1, -0.05) is 12.1 Å². The van der Waals surface area contributed by atoms with Crippen LogP contribution in [0.1, 0.15) is 11.1 Å². The van der Waals surface area contributed by atoms with Crippen molar-refractivity contribution in [2.45, 2.75) is 12.8 Å². The molecular weight excluding hydrogens is 197 g/mol. The van der Waals surface area contributed by atoms with Crippen LogP contribution in [0.5, 0.6) is 0 Å². The van der Waals surface area contributed by atoms with E-state index < -0.39 is 16.4 Å². The molecule has 0 unspecified atom stereocenters. The molecule has 1 aromatic rings. The van der Waals surface area contributed by atoms with Crippen LogP contribution in [0.15, 0.2) is 12.1 Å². The van der Waals surface area contributed by atoms with E-state index in [1.165, 1.54) is 19.1 Å². The third-order valence-corrected chi connectivity index (χ3v) is 2.01. The summed E-state index contributed by atoms with van der Waals surface area (Å²) >= 11 is 5.40. The third-order valence-electron chi connectivity index (χ3n) is 1.72. The smallest absolute Gasteiger partial charge is 0.258 e. The number of hydrogen-bond acceptors (Lipinski definition) is 2. The lowest BCUT2D eigenvalue weighted by molar-refractivity contribution is -0.388. The van der Waals surface area contributed by atoms with Gasteiger partial charge in [-0.05, 0) is 6.92 Å². The van der Waals surface area contributed by atoms with Gasteiger partial charge in [0.05, 0.1) is 10.8 Å². The van der Waals surface area contributed by atoms with E-state index in [1.54, 1.807) is 0 Å². The molecule has 0 aliphatic carbocycles. The number of aryl methyl sites for hydroxylation is 1. The van der Waals surface area contributed by atoms with E-state index in [0.717, 1.165) is 0 Å². The minimum absolute atomic E-state index is 0.0625. The first-order chi connectivity index (χ1) is 6.07. The van der Waals surface area contributed by atoms with Crippen LogP contribution in [0.2, 0.25) is 0 Å². The molecular formula is C8H7ClFNO2. The van der Waals surface area contributed by atoms with Gasteiger partial charge in [0, 0.05) is 11.1 Å². The van der Waals surface area contributed by atoms with E-state index in [0.29, 0.717) is 5.56 Å². The SMILES string of the molecule is Cc1ccc(CCl)c(F)c1[N+](=O)[O-]. The Morgan fingerprint density at radius 2 is 2.23 bits per heavy atom. The summed E-state index contributed by atoms with van der Waals surface area (Å²) in [4.78, 5) is 9.70. The van der Waals surface area contributed by atoms with Crippen LogP contribution in [0, 0.1) is 22.9 Å². The molecule has 0 heterocycles. The molecule has 70 valence electrons. The van der Waals surface area contributed by atoms with Crippen molar-refractivity contribution in [3.8, 4) is 0 Å². The Labute approximate surface area is 79.3 Å². The third kappa shape index (κ3) is 1.78. The monoisotopic (exact) mass is 203 g/mol. The van der Waals surface area contributed by atoms with Crippen LogP contribution in [0.3, 0.4) is 0 Å². The summed E-state index contributed by atoms with van der Waals surface area (Å²) in [6.07, 6.45) is 0. The lowest BCUT2D eigenvalue weighted by Gasteiger charge is -2.01. The number of nitro benzene ring substituents is 1. The van der Waals surface area contributed by atoms with Gasteiger partial charge in [-0.15, -0.1) is 11.6 Å². The van der Waals surface area contributed by atoms with Crippen molar-refractivity contribution in [2.24, 2.45) is 0 Å². The minimum atomic E-state index is -0.833. The Morgan fingerprint density at radius 1 is 1.62 bits per heavy atom. The van der Waals surface area contributed by atoms with Crippen LogP contribution < -0.4 is 0 Å². The van der Waals surface area contributed by atoms with Gasteiger partial charge in [0.25, 0.3) is 0 Å². The first-order valence-corrected chi connectivity index (χ1v) is 4.09. The molecule has 0 spiro atoms. The molecule has 0 aromatic heterocycles. The number of nitro groups is 1. The van der Waals surface area contributed by atoms with Crippen LogP contribution in [0.4, 0.5) is 10.1 Å². The first-order valence-electron chi connectivity index (χ1n) is 3.56. The van der Waals surface area contributed by atoms with E-state index in [4.69, 9.17) is 11.6 Å². The largest absolute Gasteiger partial charge is 0.307 e. The van der Waals surface area contributed by atoms with Crippen molar-refractivity contribution in [1.29, 1.82) is 0 Å². The zero-order valence-electron chi connectivity index (χ0n) is 6.88. The van der Waals surface area contributed by atoms with Gasteiger partial charge in [-0.25, -0.2) is 0 Å². The summed E-state index contributed by atoms with van der Waals surface area (Å²) < 4.78 is 13.3. The molecule has 3 nitrogen and oxygen atoms in total. The summed E-state index contributed by atoms with van der Waals surface area (Å²) in [5.74, 6) is -0.896. The molecule has 1 aromatic carbocycles. The number of hydrogen-bond donors (Lipinski definition) is 0. The van der Waals surface area contributed by atoms with Gasteiger partial charge in [-0.3, -0.25) is 10.1 Å². The van der Waals surface area contributed by atoms with Crippen LogP contribution in [-0.2, 0) is 5.88 Å². The maximum atomic E-state index is 13.3. The molecule has 0 amide bonds. The maximum Gasteiger partial charge on any atom is 0.307 e. The van der Waals surface area contributed by atoms with Crippen molar-refractivity contribution in [3.63, 3.8) is 0 Å². The van der Waals surface area contributed by atoms with Gasteiger partial charge in [0.1, 0.15) is 0 Å². The number of benzene rings is 1. The Kier molecular flexibility index (Phi) is 2.83. The summed E-state index contributed by atoms with van der Waals surface area (Å²) in [6, 6.07) is 2.93. The Bertz CT molecular complexity index is 354. The fourth-order valence-corrected chi connectivity index (χ4v) is 1.24. The normalized spacial score (nSPS) is 10.1. The van der Waals surface area contributed by atoms with E-state index in [2.05, 4.69) is 0 Å². The Hall–Kier alpha value is -1.16. The zero-order valence-corrected chi connectivity index (χ0v) is 7.64. The summed E-state index contributed by atoms with van der Waals surface area (Å²) in [5, 5.41) is 10.4. The lowest BCUT2D eigenvalue weighted by atomic mass is 10.1. The second-order valence-corrected chi connectivity index (χ2v) is 2.86. The van der Waals surface area contributed by atoms with Crippen LogP contribution in [-0.4, -0.2) is 4.92 Å². The van der Waals surface area contributed by atoms with E-state index in [-0.39, 0.29) is 11.4 Å². The quantitative estimate of drug-likeness (QED) is 0.421. The predicted octanol–water partition coefficient (Wildman–Crippen LogP) is 2.78. The summed E-state index contributed by atoms with van der Waals surface area (Å²) in [7, 11) is 0. The molecule has 13 heavy (non-hydrogen) atoms. The topological polar surface area (TPSA) is 43.1 Å². The van der Waals surface area contributed by atoms with Crippen molar-refractivity contribution in [1.82, 2.24) is 0 Å². The molecule has 1 rings (SSSR count). The highest BCUT2D eigenvalue weighted by Crippen LogP contribution is 2.25. The average Bonchev–Trinajstić information content (AvgIpc) is 2.04. The lowest BCUT2D eigenvalue weighted by Crippen LogP contribution is -1.98. The molecule has 0 bridgehead atoms. The number of alkyl halides is 1. The molecule has 5 heteroatoms. The molecule has 0 N–H and O–H groups in total. The predicted molar refractivity (Wildman–Crippen MR) is 47.3 cm³/mol. The highest BCUT2D eigenvalue weighted by atomic mass is 35.5. The van der Waals surface area contributed by atoms with Crippen LogP contribution in [0.25, 0.3) is 0 Å². The van der Waals surface area contributed by atoms with Crippen molar-refractivity contribution in [3.05, 3.63) is 39.2 Å². The second kappa shape index (κ2) is 3.70. The molecule has 0 saturated heterocycles. The van der Waals surface area contributed by atoms with E-state index >= 15 is 0 Å². The first kappa shape index (κ1) is 9.92. The molecule has 0 aliphatic heterocycles. The van der Waals surface area contributed by atoms with Crippen LogP contribution >= 0.6 is 11.6 Å². The standard InChI is InChI=1S/C8H7ClFNO2/c1-5-2-3-6(4-9)7(10)8(5)11(12)13/h2-3H,4H2,1H3. The second-order valence-electron chi connectivity index (χ2n) is 2.59. The van der Waals surface area contributed by atoms with Crippen molar-refractivity contribution < 1.29 is 9.31 Å². The fourth-order valence-electron chi connectivity index (χ4n) is 1.03. The summed E-state index contributed by atoms with van der Waals surface area (Å²) in [6.45, 7) is 1.49. The highest BCUT2D eigenvalue weighted by Gasteiger charge is 2.20. The summed E-state index contributed by atoms with van der Waals surface area (Å²) in [5.41, 5.74) is -0.0338. The van der Waals surface area contributed by atoms with Gasteiger partial charge in [-0.2, -0.15) is 4.39 Å². The highest BCUT2D eigenvalue weighted by molar-refractivity contribution is 6.17. The fraction of sp³-hybridized carbons (Fsp3) is 0.250. The Morgan fingerprint density at radius 3 is 2.69 bits per heavy atom. The average molecular weight is 204 g/mol. The molecule has 0 fully saturated rings. The van der Waals surface area contributed by atoms with Gasteiger partial charge < -0.3 is 0 Å². The molecule has 0 aliphatic rings. The molecule has 0 saturated carbocycles. The molecule has 0 atom stereocenters. The zero-order chi connectivity index (χ0) is 10.0. The maximum absolute atomic E-state index is 13.3. The van der Waals surface area contributed by atoms with Gasteiger partial charge >= 0.3 is 5.69 Å². The van der Waals surface area contributed by atoms with Gasteiger partial charge in [0.2, 0.25) is 5.82 Å². The van der Waals surface area contributed by atoms with Crippen molar-refractivity contribution >= 4 is 17.3 Å². The van der Waals surface area contributed by atoms with E-state index in [1.807, 2.05) is 0 Å². The van der Waals surface area contributed by atoms with E-state index in [9.17, 15) is 14.5 Å². The van der Waals surface area contributed by atoms with Crippen molar-refractivity contribution in [2.75, 3.05) is 0 Å². The number of rotatable bonds is 2. The number of nitrogens with zero attached hydrogens (tertiary/aromatic N) is 1. The number of halogens is 2. The van der Waals surface area contributed by atoms with Gasteiger partial charge in [0.15, 0.2) is 0 Å². The Balaban J connectivity index is 3.38. The molecule has 0 radical (unpaired) electrons.